The van der Waals surface area contributed by atoms with Gasteiger partial charge in [-0.3, -0.25) is 9.10 Å². The van der Waals surface area contributed by atoms with Crippen molar-refractivity contribution in [2.24, 2.45) is 0 Å². The number of anilines is 1. The van der Waals surface area contributed by atoms with E-state index in [0.29, 0.717) is 11.4 Å². The Labute approximate surface area is 152 Å². The van der Waals surface area contributed by atoms with E-state index in [-0.39, 0.29) is 25.6 Å². The van der Waals surface area contributed by atoms with Crippen molar-refractivity contribution >= 4 is 21.6 Å². The average molecular weight is 380 g/mol. The van der Waals surface area contributed by atoms with Gasteiger partial charge in [-0.1, -0.05) is 17.7 Å². The molecular formula is C18H21FN2O4S. The molecule has 0 saturated carbocycles. The Bertz CT molecular complexity index is 836. The highest BCUT2D eigenvalue weighted by Gasteiger charge is 2.17. The second kappa shape index (κ2) is 8.66. The van der Waals surface area contributed by atoms with Crippen LogP contribution in [0.1, 0.15) is 5.56 Å². The van der Waals surface area contributed by atoms with Crippen LogP contribution in [0.3, 0.4) is 0 Å². The van der Waals surface area contributed by atoms with Crippen molar-refractivity contribution in [2.45, 2.75) is 6.92 Å². The minimum atomic E-state index is -3.56. The van der Waals surface area contributed by atoms with Crippen molar-refractivity contribution in [3.63, 3.8) is 0 Å². The largest absolute Gasteiger partial charge is 0.484 e. The number of carbonyl (C=O) groups is 1. The number of amides is 1. The molecule has 0 bridgehead atoms. The highest BCUT2D eigenvalue weighted by Crippen LogP contribution is 2.17. The molecule has 0 aliphatic heterocycles. The Kier molecular flexibility index (Phi) is 6.57. The quantitative estimate of drug-likeness (QED) is 0.761. The molecule has 26 heavy (non-hydrogen) atoms. The first-order chi connectivity index (χ1) is 12.3. The zero-order valence-corrected chi connectivity index (χ0v) is 15.4. The molecule has 8 heteroatoms. The van der Waals surface area contributed by atoms with Gasteiger partial charge in [0, 0.05) is 6.54 Å². The monoisotopic (exact) mass is 380 g/mol. The van der Waals surface area contributed by atoms with Gasteiger partial charge in [0.05, 0.1) is 18.5 Å². The van der Waals surface area contributed by atoms with E-state index in [4.69, 9.17) is 4.74 Å². The molecule has 2 rings (SSSR count). The third kappa shape index (κ3) is 6.03. The first-order valence-corrected chi connectivity index (χ1v) is 9.80. The van der Waals surface area contributed by atoms with Crippen LogP contribution in [0.2, 0.25) is 0 Å². The van der Waals surface area contributed by atoms with E-state index in [9.17, 15) is 17.6 Å². The van der Waals surface area contributed by atoms with Gasteiger partial charge in [0.15, 0.2) is 6.61 Å². The van der Waals surface area contributed by atoms with Crippen molar-refractivity contribution in [1.82, 2.24) is 5.32 Å². The topological polar surface area (TPSA) is 75.7 Å². The fraction of sp³-hybridized carbons (Fsp3) is 0.278. The van der Waals surface area contributed by atoms with Gasteiger partial charge in [0.2, 0.25) is 10.0 Å². The molecule has 0 unspecified atom stereocenters. The van der Waals surface area contributed by atoms with E-state index < -0.39 is 15.8 Å². The zero-order chi connectivity index (χ0) is 19.2. The maximum atomic E-state index is 13.0. The van der Waals surface area contributed by atoms with Crippen LogP contribution >= 0.6 is 0 Å². The number of hydrogen-bond donors (Lipinski definition) is 1. The van der Waals surface area contributed by atoms with E-state index in [2.05, 4.69) is 5.32 Å². The third-order valence-electron chi connectivity index (χ3n) is 3.54. The number of rotatable bonds is 8. The van der Waals surface area contributed by atoms with Crippen LogP contribution in [0.25, 0.3) is 0 Å². The summed E-state index contributed by atoms with van der Waals surface area (Å²) in [4.78, 5) is 11.8. The summed E-state index contributed by atoms with van der Waals surface area (Å²) < 4.78 is 43.3. The number of nitrogens with one attached hydrogen (secondary N) is 1. The molecule has 0 atom stereocenters. The van der Waals surface area contributed by atoms with Crippen LogP contribution in [0.4, 0.5) is 10.1 Å². The van der Waals surface area contributed by atoms with Crippen molar-refractivity contribution < 1.29 is 22.3 Å². The summed E-state index contributed by atoms with van der Waals surface area (Å²) in [7, 11) is -3.56. The standard InChI is InChI=1S/C18H21FN2O4S/c1-14-3-9-17(10-4-14)25-13-18(22)20-11-12-21(26(2,23)24)16-7-5-15(19)6-8-16/h3-10H,11-13H2,1-2H3,(H,20,22). The highest BCUT2D eigenvalue weighted by molar-refractivity contribution is 7.92. The number of nitrogens with zero attached hydrogens (tertiary/aromatic N) is 1. The Morgan fingerprint density at radius 3 is 2.31 bits per heavy atom. The van der Waals surface area contributed by atoms with Crippen LogP contribution in [0, 0.1) is 12.7 Å². The molecule has 2 aromatic rings. The van der Waals surface area contributed by atoms with E-state index in [0.717, 1.165) is 16.1 Å². The highest BCUT2D eigenvalue weighted by atomic mass is 32.2. The molecule has 1 N–H and O–H groups in total. The lowest BCUT2D eigenvalue weighted by atomic mass is 10.2. The number of sulfonamides is 1. The maximum absolute atomic E-state index is 13.0. The first kappa shape index (κ1) is 19.7. The van der Waals surface area contributed by atoms with Crippen LogP contribution in [0.5, 0.6) is 5.75 Å². The van der Waals surface area contributed by atoms with Gasteiger partial charge in [-0.15, -0.1) is 0 Å². The third-order valence-corrected chi connectivity index (χ3v) is 4.74. The second-order valence-corrected chi connectivity index (χ2v) is 7.67. The van der Waals surface area contributed by atoms with E-state index in [1.54, 1.807) is 12.1 Å². The van der Waals surface area contributed by atoms with Crippen LogP contribution in [-0.4, -0.2) is 40.3 Å². The summed E-state index contributed by atoms with van der Waals surface area (Å²) in [6, 6.07) is 12.4. The molecule has 0 aliphatic carbocycles. The average Bonchev–Trinajstić information content (AvgIpc) is 2.58. The van der Waals surface area contributed by atoms with Gasteiger partial charge in [-0.05, 0) is 43.3 Å². The number of aryl methyl sites for hydroxylation is 1. The first-order valence-electron chi connectivity index (χ1n) is 7.95. The van der Waals surface area contributed by atoms with Gasteiger partial charge in [0.1, 0.15) is 11.6 Å². The number of ether oxygens (including phenoxy) is 1. The molecule has 6 nitrogen and oxygen atoms in total. The van der Waals surface area contributed by atoms with Crippen molar-refractivity contribution in [2.75, 3.05) is 30.3 Å². The lowest BCUT2D eigenvalue weighted by molar-refractivity contribution is -0.123. The molecule has 0 heterocycles. The zero-order valence-electron chi connectivity index (χ0n) is 14.6. The van der Waals surface area contributed by atoms with Gasteiger partial charge < -0.3 is 10.1 Å². The summed E-state index contributed by atoms with van der Waals surface area (Å²) in [6.45, 7) is 1.91. The smallest absolute Gasteiger partial charge is 0.258 e. The van der Waals surface area contributed by atoms with E-state index >= 15 is 0 Å². The maximum Gasteiger partial charge on any atom is 0.258 e. The van der Waals surface area contributed by atoms with Crippen molar-refractivity contribution in [3.05, 3.63) is 59.9 Å². The summed E-state index contributed by atoms with van der Waals surface area (Å²) >= 11 is 0. The molecule has 0 radical (unpaired) electrons. The second-order valence-electron chi connectivity index (χ2n) is 5.76. The van der Waals surface area contributed by atoms with Crippen LogP contribution in [0.15, 0.2) is 48.5 Å². The fourth-order valence-corrected chi connectivity index (χ4v) is 3.15. The Morgan fingerprint density at radius 1 is 1.12 bits per heavy atom. The molecule has 0 fully saturated rings. The summed E-state index contributed by atoms with van der Waals surface area (Å²) in [6.07, 6.45) is 1.05. The van der Waals surface area contributed by atoms with Crippen molar-refractivity contribution in [1.29, 1.82) is 0 Å². The Morgan fingerprint density at radius 2 is 1.73 bits per heavy atom. The SMILES string of the molecule is Cc1ccc(OCC(=O)NCCN(c2ccc(F)cc2)S(C)(=O)=O)cc1. The Balaban J connectivity index is 1.85. The predicted octanol–water partition coefficient (Wildman–Crippen LogP) is 2.10. The summed E-state index contributed by atoms with van der Waals surface area (Å²) in [5.41, 5.74) is 1.42. The molecule has 0 spiro atoms. The lowest BCUT2D eigenvalue weighted by Gasteiger charge is -2.22. The van der Waals surface area contributed by atoms with Gasteiger partial charge in [0.25, 0.3) is 5.91 Å². The molecule has 1 amide bonds. The van der Waals surface area contributed by atoms with Crippen molar-refractivity contribution in [3.8, 4) is 5.75 Å². The van der Waals surface area contributed by atoms with Gasteiger partial charge in [-0.2, -0.15) is 0 Å². The van der Waals surface area contributed by atoms with E-state index in [1.165, 1.54) is 24.3 Å². The minimum absolute atomic E-state index is 0.0285. The molecule has 0 saturated heterocycles. The number of benzene rings is 2. The normalized spacial score (nSPS) is 11.0. The van der Waals surface area contributed by atoms with Gasteiger partial charge >= 0.3 is 0 Å². The number of halogens is 1. The van der Waals surface area contributed by atoms with E-state index in [1.807, 2.05) is 19.1 Å². The van der Waals surface area contributed by atoms with Crippen LogP contribution in [-0.2, 0) is 14.8 Å². The molecule has 140 valence electrons. The number of carbonyl (C=O) groups excluding carboxylic acids is 1. The van der Waals surface area contributed by atoms with Crippen LogP contribution < -0.4 is 14.4 Å². The van der Waals surface area contributed by atoms with Gasteiger partial charge in [-0.25, -0.2) is 12.8 Å². The molecule has 2 aromatic carbocycles. The summed E-state index contributed by atoms with van der Waals surface area (Å²) in [5.74, 6) is -0.239. The summed E-state index contributed by atoms with van der Waals surface area (Å²) in [5, 5.41) is 2.60. The number of hydrogen-bond acceptors (Lipinski definition) is 4. The molecule has 0 aromatic heterocycles. The lowest BCUT2D eigenvalue weighted by Crippen LogP contribution is -2.39. The molecular weight excluding hydrogens is 359 g/mol. The molecule has 0 aliphatic rings. The minimum Gasteiger partial charge on any atom is -0.484 e. The fourth-order valence-electron chi connectivity index (χ4n) is 2.23. The predicted molar refractivity (Wildman–Crippen MR) is 98.3 cm³/mol. The Hall–Kier alpha value is -2.61.